The van der Waals surface area contributed by atoms with Crippen LogP contribution in [0.1, 0.15) is 5.56 Å². The highest BCUT2D eigenvalue weighted by molar-refractivity contribution is 9.10. The molecule has 0 aliphatic carbocycles. The highest BCUT2D eigenvalue weighted by Gasteiger charge is 2.13. The first-order chi connectivity index (χ1) is 12.1. The molecule has 0 spiro atoms. The third kappa shape index (κ3) is 3.85. The van der Waals surface area contributed by atoms with Crippen LogP contribution in [-0.2, 0) is 0 Å². The van der Waals surface area contributed by atoms with Crippen LogP contribution in [0, 0.1) is 11.3 Å². The Morgan fingerprint density at radius 2 is 1.96 bits per heavy atom. The van der Waals surface area contributed by atoms with Gasteiger partial charge in [-0.25, -0.2) is 4.68 Å². The fraction of sp³-hybridized carbons (Fsp3) is 0. The Bertz CT molecular complexity index is 1000. The van der Waals surface area contributed by atoms with Crippen molar-refractivity contribution in [1.29, 1.82) is 5.26 Å². The van der Waals surface area contributed by atoms with Crippen molar-refractivity contribution in [2.45, 2.75) is 0 Å². The molecule has 3 rings (SSSR count). The largest absolute Gasteiger partial charge is 0.389 e. The van der Waals surface area contributed by atoms with Crippen LogP contribution in [0.15, 0.2) is 70.8 Å². The summed E-state index contributed by atoms with van der Waals surface area (Å²) in [5.41, 5.74) is 9.24. The second kappa shape index (κ2) is 7.43. The van der Waals surface area contributed by atoms with Crippen molar-refractivity contribution in [3.8, 4) is 23.0 Å². The molecule has 0 radical (unpaired) electrons. The van der Waals surface area contributed by atoms with Crippen molar-refractivity contribution in [2.24, 2.45) is 5.73 Å². The lowest BCUT2D eigenvalue weighted by atomic mass is 10.1. The van der Waals surface area contributed by atoms with Crippen LogP contribution in [0.25, 0.3) is 23.0 Å². The third-order valence-electron chi connectivity index (χ3n) is 3.55. The summed E-state index contributed by atoms with van der Waals surface area (Å²) in [6, 6.07) is 19.6. The number of nitrogens with two attached hydrogens (primary N) is 1. The average Bonchev–Trinajstić information content (AvgIpc) is 3.04. The van der Waals surface area contributed by atoms with Gasteiger partial charge in [-0.1, -0.05) is 58.5 Å². The Morgan fingerprint density at radius 1 is 1.20 bits per heavy atom. The van der Waals surface area contributed by atoms with E-state index in [2.05, 4.69) is 15.9 Å². The number of nitrogens with zero attached hydrogens (tertiary/aromatic N) is 3. The summed E-state index contributed by atoms with van der Waals surface area (Å²) in [6.45, 7) is 0. The van der Waals surface area contributed by atoms with E-state index in [1.807, 2.05) is 66.9 Å². The molecule has 0 aliphatic heterocycles. The number of para-hydroxylation sites is 1. The monoisotopic (exact) mass is 408 g/mol. The molecule has 2 N–H and O–H groups in total. The molecular formula is C19H13BrN4S. The smallest absolute Gasteiger partial charge is 0.114 e. The maximum Gasteiger partial charge on any atom is 0.114 e. The van der Waals surface area contributed by atoms with Crippen LogP contribution in [0.4, 0.5) is 0 Å². The Labute approximate surface area is 159 Å². The molecule has 0 atom stereocenters. The normalized spacial score (nSPS) is 11.1. The minimum Gasteiger partial charge on any atom is -0.389 e. The number of rotatable bonds is 4. The van der Waals surface area contributed by atoms with Crippen LogP contribution in [-0.4, -0.2) is 14.8 Å². The predicted molar refractivity (Wildman–Crippen MR) is 107 cm³/mol. The second-order valence-electron chi connectivity index (χ2n) is 5.26. The van der Waals surface area contributed by atoms with E-state index in [4.69, 9.17) is 23.1 Å². The van der Waals surface area contributed by atoms with Gasteiger partial charge >= 0.3 is 0 Å². The highest BCUT2D eigenvalue weighted by Crippen LogP contribution is 2.27. The number of thiocarbonyl (C=S) groups is 1. The summed E-state index contributed by atoms with van der Waals surface area (Å²) in [6.07, 6.45) is 3.53. The summed E-state index contributed by atoms with van der Waals surface area (Å²) in [5, 5.41) is 14.0. The fourth-order valence-electron chi connectivity index (χ4n) is 2.38. The van der Waals surface area contributed by atoms with Gasteiger partial charge in [0.25, 0.3) is 0 Å². The second-order valence-corrected chi connectivity index (χ2v) is 6.61. The summed E-state index contributed by atoms with van der Waals surface area (Å²) >= 11 is 8.43. The SMILES string of the molecule is N#CC(=Cc1cn(-c2ccccc2)nc1-c1cccc(Br)c1)C(N)=S. The number of hydrogen-bond acceptors (Lipinski definition) is 3. The Kier molecular flexibility index (Phi) is 5.08. The van der Waals surface area contributed by atoms with Gasteiger partial charge in [0.15, 0.2) is 0 Å². The summed E-state index contributed by atoms with van der Waals surface area (Å²) < 4.78 is 2.72. The quantitative estimate of drug-likeness (QED) is 0.392. The molecular weight excluding hydrogens is 396 g/mol. The van der Waals surface area contributed by atoms with Crippen molar-refractivity contribution < 1.29 is 0 Å². The van der Waals surface area contributed by atoms with Gasteiger partial charge in [-0.3, -0.25) is 0 Å². The molecule has 2 aromatic carbocycles. The number of aromatic nitrogens is 2. The van der Waals surface area contributed by atoms with E-state index in [1.54, 1.807) is 10.8 Å². The number of hydrogen-bond donors (Lipinski definition) is 1. The standard InChI is InChI=1S/C19H13BrN4S/c20-16-6-4-5-13(10-16)18-15(9-14(11-21)19(22)25)12-24(23-18)17-7-2-1-3-8-17/h1-10,12H,(H2,22,25). The first-order valence-corrected chi connectivity index (χ1v) is 8.61. The molecule has 122 valence electrons. The minimum absolute atomic E-state index is 0.0650. The number of nitriles is 1. The summed E-state index contributed by atoms with van der Waals surface area (Å²) in [4.78, 5) is 0.0650. The molecule has 6 heteroatoms. The maximum atomic E-state index is 9.27. The molecule has 1 heterocycles. The van der Waals surface area contributed by atoms with Crippen molar-refractivity contribution in [3.63, 3.8) is 0 Å². The van der Waals surface area contributed by atoms with Gasteiger partial charge in [0.1, 0.15) is 16.8 Å². The van der Waals surface area contributed by atoms with E-state index in [0.29, 0.717) is 0 Å². The molecule has 0 fully saturated rings. The van der Waals surface area contributed by atoms with Crippen LogP contribution < -0.4 is 5.73 Å². The molecule has 1 aromatic heterocycles. The average molecular weight is 409 g/mol. The van der Waals surface area contributed by atoms with Crippen LogP contribution in [0.5, 0.6) is 0 Å². The third-order valence-corrected chi connectivity index (χ3v) is 4.26. The molecule has 0 saturated heterocycles. The maximum absolute atomic E-state index is 9.27. The van der Waals surface area contributed by atoms with E-state index >= 15 is 0 Å². The molecule has 25 heavy (non-hydrogen) atoms. The van der Waals surface area contributed by atoms with Crippen molar-refractivity contribution >= 4 is 39.2 Å². The molecule has 0 saturated carbocycles. The Hall–Kier alpha value is -2.75. The van der Waals surface area contributed by atoms with E-state index < -0.39 is 0 Å². The van der Waals surface area contributed by atoms with E-state index in [1.165, 1.54) is 0 Å². The number of halogens is 1. The topological polar surface area (TPSA) is 67.6 Å². The van der Waals surface area contributed by atoms with Crippen molar-refractivity contribution in [3.05, 3.63) is 76.4 Å². The van der Waals surface area contributed by atoms with Gasteiger partial charge in [-0.2, -0.15) is 10.4 Å². The van der Waals surface area contributed by atoms with Gasteiger partial charge in [0.05, 0.1) is 11.3 Å². The van der Waals surface area contributed by atoms with Crippen molar-refractivity contribution in [2.75, 3.05) is 0 Å². The Morgan fingerprint density at radius 3 is 2.60 bits per heavy atom. The van der Waals surface area contributed by atoms with Gasteiger partial charge in [-0.05, 0) is 30.3 Å². The molecule has 0 aliphatic rings. The summed E-state index contributed by atoms with van der Waals surface area (Å²) in [5.74, 6) is 0. The lowest BCUT2D eigenvalue weighted by Crippen LogP contribution is -2.09. The summed E-state index contributed by atoms with van der Waals surface area (Å²) in [7, 11) is 0. The first-order valence-electron chi connectivity index (χ1n) is 7.41. The van der Waals surface area contributed by atoms with Crippen LogP contribution in [0.3, 0.4) is 0 Å². The first kappa shape index (κ1) is 17.1. The minimum atomic E-state index is 0.0650. The van der Waals surface area contributed by atoms with Gasteiger partial charge in [0.2, 0.25) is 0 Å². The predicted octanol–water partition coefficient (Wildman–Crippen LogP) is 4.49. The van der Waals surface area contributed by atoms with Gasteiger partial charge in [-0.15, -0.1) is 0 Å². The molecule has 0 amide bonds. The molecule has 0 unspecified atom stereocenters. The van der Waals surface area contributed by atoms with Crippen molar-refractivity contribution in [1.82, 2.24) is 9.78 Å². The van der Waals surface area contributed by atoms with Gasteiger partial charge in [0, 0.05) is 21.8 Å². The number of benzene rings is 2. The zero-order valence-electron chi connectivity index (χ0n) is 13.1. The highest BCUT2D eigenvalue weighted by atomic mass is 79.9. The molecule has 3 aromatic rings. The van der Waals surface area contributed by atoms with Gasteiger partial charge < -0.3 is 5.73 Å². The lowest BCUT2D eigenvalue weighted by Gasteiger charge is -2.01. The molecule has 0 bridgehead atoms. The van der Waals surface area contributed by atoms with E-state index in [9.17, 15) is 5.26 Å². The Balaban J connectivity index is 2.20. The molecule has 4 nitrogen and oxygen atoms in total. The fourth-order valence-corrected chi connectivity index (χ4v) is 2.88. The zero-order chi connectivity index (χ0) is 17.8. The van der Waals surface area contributed by atoms with E-state index in [0.717, 1.165) is 27.0 Å². The lowest BCUT2D eigenvalue weighted by molar-refractivity contribution is 0.884. The van der Waals surface area contributed by atoms with Crippen LogP contribution in [0.2, 0.25) is 0 Å². The van der Waals surface area contributed by atoms with E-state index in [-0.39, 0.29) is 10.6 Å². The van der Waals surface area contributed by atoms with Crippen LogP contribution >= 0.6 is 28.1 Å². The zero-order valence-corrected chi connectivity index (χ0v) is 15.5.